The van der Waals surface area contributed by atoms with Crippen LogP contribution >= 0.6 is 0 Å². The fourth-order valence-corrected chi connectivity index (χ4v) is 1.92. The van der Waals surface area contributed by atoms with Crippen molar-refractivity contribution in [1.29, 1.82) is 0 Å². The molecule has 2 rings (SSSR count). The average molecular weight is 278 g/mol. The Balaban J connectivity index is 2.52. The maximum Gasteiger partial charge on any atom is 0.306 e. The van der Waals surface area contributed by atoms with E-state index in [1.54, 1.807) is 19.1 Å². The van der Waals surface area contributed by atoms with Crippen LogP contribution < -0.4 is 5.43 Å². The zero-order valence-corrected chi connectivity index (χ0v) is 11.1. The lowest BCUT2D eigenvalue weighted by Crippen LogP contribution is -2.13. The van der Waals surface area contributed by atoms with Crippen LogP contribution in [0.15, 0.2) is 38.1 Å². The number of aryl methyl sites for hydroxylation is 1. The molecule has 0 aliphatic carbocycles. The van der Waals surface area contributed by atoms with Crippen LogP contribution in [0, 0.1) is 6.92 Å². The number of hydrogen-bond acceptors (Lipinski definition) is 6. The number of ether oxygens (including phenoxy) is 1. The first-order valence-corrected chi connectivity index (χ1v) is 5.96. The third-order valence-corrected chi connectivity index (χ3v) is 2.87. The highest BCUT2D eigenvalue weighted by molar-refractivity contribution is 5.71. The minimum atomic E-state index is -0.718. The van der Waals surface area contributed by atoms with Gasteiger partial charge in [0, 0.05) is 6.07 Å². The third-order valence-electron chi connectivity index (χ3n) is 2.87. The van der Waals surface area contributed by atoms with Crippen LogP contribution in [0.5, 0.6) is 5.75 Å². The molecule has 0 aliphatic rings. The second kappa shape index (κ2) is 5.64. The van der Waals surface area contributed by atoms with E-state index in [0.717, 1.165) is 0 Å². The Labute approximate surface area is 114 Å². The molecule has 1 atom stereocenters. The van der Waals surface area contributed by atoms with Crippen molar-refractivity contribution in [2.75, 3.05) is 7.11 Å². The number of aromatic hydroxyl groups is 1. The molecule has 0 radical (unpaired) electrons. The van der Waals surface area contributed by atoms with Crippen LogP contribution in [0.3, 0.4) is 0 Å². The monoisotopic (exact) mass is 278 g/mol. The van der Waals surface area contributed by atoms with Crippen molar-refractivity contribution in [3.63, 3.8) is 0 Å². The molecule has 20 heavy (non-hydrogen) atoms. The number of rotatable bonds is 4. The maximum absolute atomic E-state index is 11.6. The maximum atomic E-state index is 11.6. The van der Waals surface area contributed by atoms with Crippen LogP contribution in [0.4, 0.5) is 0 Å². The first kappa shape index (κ1) is 13.9. The zero-order chi connectivity index (χ0) is 14.7. The van der Waals surface area contributed by atoms with Crippen molar-refractivity contribution < 1.29 is 23.5 Å². The summed E-state index contributed by atoms with van der Waals surface area (Å²) in [6.07, 6.45) is 1.33. The molecule has 0 aliphatic heterocycles. The van der Waals surface area contributed by atoms with Crippen LogP contribution in [-0.2, 0) is 9.53 Å². The Bertz CT molecular complexity index is 653. The molecule has 0 fully saturated rings. The van der Waals surface area contributed by atoms with E-state index in [4.69, 9.17) is 8.83 Å². The molecule has 0 spiro atoms. The smallest absolute Gasteiger partial charge is 0.306 e. The molecule has 2 aromatic rings. The quantitative estimate of drug-likeness (QED) is 0.859. The molecule has 0 saturated carbocycles. The Kier molecular flexibility index (Phi) is 3.93. The molecule has 6 nitrogen and oxygen atoms in total. The van der Waals surface area contributed by atoms with Gasteiger partial charge in [-0.05, 0) is 19.1 Å². The van der Waals surface area contributed by atoms with Gasteiger partial charge in [-0.2, -0.15) is 0 Å². The van der Waals surface area contributed by atoms with E-state index in [9.17, 15) is 14.7 Å². The van der Waals surface area contributed by atoms with E-state index in [0.29, 0.717) is 11.5 Å². The first-order chi connectivity index (χ1) is 9.52. The van der Waals surface area contributed by atoms with Crippen LogP contribution in [0.25, 0.3) is 0 Å². The predicted octanol–water partition coefficient (Wildman–Crippen LogP) is 1.94. The summed E-state index contributed by atoms with van der Waals surface area (Å²) in [7, 11) is 1.26. The lowest BCUT2D eigenvalue weighted by molar-refractivity contribution is -0.141. The predicted molar refractivity (Wildman–Crippen MR) is 68.6 cm³/mol. The Morgan fingerprint density at radius 3 is 2.85 bits per heavy atom. The molecule has 0 saturated heterocycles. The summed E-state index contributed by atoms with van der Waals surface area (Å²) in [4.78, 5) is 23.1. The molecule has 0 aromatic carbocycles. The molecule has 2 heterocycles. The summed E-state index contributed by atoms with van der Waals surface area (Å²) in [6.45, 7) is 1.58. The van der Waals surface area contributed by atoms with E-state index in [1.807, 2.05) is 0 Å². The average Bonchev–Trinajstić information content (AvgIpc) is 2.94. The summed E-state index contributed by atoms with van der Waals surface area (Å²) in [5, 5.41) is 9.88. The first-order valence-electron chi connectivity index (χ1n) is 5.96. The van der Waals surface area contributed by atoms with Crippen molar-refractivity contribution in [2.45, 2.75) is 19.3 Å². The van der Waals surface area contributed by atoms with Crippen molar-refractivity contribution in [2.24, 2.45) is 0 Å². The lowest BCUT2D eigenvalue weighted by atomic mass is 9.98. The molecule has 0 bridgehead atoms. The minimum Gasteiger partial charge on any atom is -0.502 e. The van der Waals surface area contributed by atoms with Gasteiger partial charge in [-0.15, -0.1) is 0 Å². The molecular weight excluding hydrogens is 264 g/mol. The van der Waals surface area contributed by atoms with Gasteiger partial charge in [0.2, 0.25) is 11.2 Å². The van der Waals surface area contributed by atoms with Crippen molar-refractivity contribution in [3.8, 4) is 5.75 Å². The van der Waals surface area contributed by atoms with Crippen LogP contribution in [-0.4, -0.2) is 18.2 Å². The van der Waals surface area contributed by atoms with Gasteiger partial charge >= 0.3 is 5.97 Å². The number of methoxy groups -OCH3 is 1. The fraction of sp³-hybridized carbons (Fsp3) is 0.286. The SMILES string of the molecule is COC(=O)CC(c1ccco1)c1oc(C)cc(=O)c1O. The molecule has 1 N–H and O–H groups in total. The molecule has 2 aromatic heterocycles. The number of carbonyl (C=O) groups is 1. The largest absolute Gasteiger partial charge is 0.502 e. The summed E-state index contributed by atoms with van der Waals surface area (Å²) in [5.74, 6) is -1.01. The van der Waals surface area contributed by atoms with Gasteiger partial charge in [-0.3, -0.25) is 9.59 Å². The van der Waals surface area contributed by atoms with Crippen molar-refractivity contribution in [1.82, 2.24) is 0 Å². The normalized spacial score (nSPS) is 12.1. The lowest BCUT2D eigenvalue weighted by Gasteiger charge is -2.14. The molecule has 106 valence electrons. The minimum absolute atomic E-state index is 0.00431. The summed E-state index contributed by atoms with van der Waals surface area (Å²) in [6, 6.07) is 4.45. The summed E-state index contributed by atoms with van der Waals surface area (Å²) < 4.78 is 15.3. The highest BCUT2D eigenvalue weighted by atomic mass is 16.5. The van der Waals surface area contributed by atoms with Crippen LogP contribution in [0.2, 0.25) is 0 Å². The molecule has 0 amide bonds. The van der Waals surface area contributed by atoms with Crippen LogP contribution in [0.1, 0.15) is 29.6 Å². The number of carbonyl (C=O) groups excluding carboxylic acids is 1. The standard InChI is InChI=1S/C14H14O6/c1-8-6-10(15)13(17)14(20-8)9(7-12(16)18-2)11-4-3-5-19-11/h3-6,9,17H,7H2,1-2H3. The van der Waals surface area contributed by atoms with Gasteiger partial charge in [-0.1, -0.05) is 0 Å². The Morgan fingerprint density at radius 2 is 2.25 bits per heavy atom. The number of hydrogen-bond donors (Lipinski definition) is 1. The van der Waals surface area contributed by atoms with Gasteiger partial charge in [0.15, 0.2) is 5.76 Å². The Morgan fingerprint density at radius 1 is 1.50 bits per heavy atom. The summed E-state index contributed by atoms with van der Waals surface area (Å²) in [5.41, 5.74) is -0.565. The van der Waals surface area contributed by atoms with E-state index in [-0.39, 0.29) is 12.2 Å². The van der Waals surface area contributed by atoms with Crippen molar-refractivity contribution in [3.05, 3.63) is 52.0 Å². The Hall–Kier alpha value is -2.50. The second-order valence-electron chi connectivity index (χ2n) is 4.28. The highest BCUT2D eigenvalue weighted by Gasteiger charge is 2.28. The topological polar surface area (TPSA) is 89.9 Å². The van der Waals surface area contributed by atoms with E-state index in [2.05, 4.69) is 4.74 Å². The number of esters is 1. The highest BCUT2D eigenvalue weighted by Crippen LogP contribution is 2.33. The van der Waals surface area contributed by atoms with Crippen molar-refractivity contribution >= 4 is 5.97 Å². The molecular formula is C14H14O6. The summed E-state index contributed by atoms with van der Waals surface area (Å²) >= 11 is 0. The fourth-order valence-electron chi connectivity index (χ4n) is 1.92. The van der Waals surface area contributed by atoms with E-state index < -0.39 is 23.1 Å². The van der Waals surface area contributed by atoms with Gasteiger partial charge in [0.1, 0.15) is 11.5 Å². The third kappa shape index (κ3) is 2.74. The van der Waals surface area contributed by atoms with Gasteiger partial charge in [0.25, 0.3) is 0 Å². The number of furan rings is 1. The van der Waals surface area contributed by atoms with Gasteiger partial charge in [-0.25, -0.2) is 0 Å². The van der Waals surface area contributed by atoms with Gasteiger partial charge < -0.3 is 18.7 Å². The second-order valence-corrected chi connectivity index (χ2v) is 4.28. The molecule has 1 unspecified atom stereocenters. The van der Waals surface area contributed by atoms with Gasteiger partial charge in [0.05, 0.1) is 25.7 Å². The van der Waals surface area contributed by atoms with E-state index >= 15 is 0 Å². The van der Waals surface area contributed by atoms with E-state index in [1.165, 1.54) is 19.4 Å². The zero-order valence-electron chi connectivity index (χ0n) is 11.1. The molecule has 6 heteroatoms.